The first kappa shape index (κ1) is 15.8. The lowest BCUT2D eigenvalue weighted by Crippen LogP contribution is -2.31. The van der Waals surface area contributed by atoms with Crippen LogP contribution in [-0.4, -0.2) is 28.3 Å². The number of aromatic nitrogens is 1. The van der Waals surface area contributed by atoms with Crippen LogP contribution in [0.2, 0.25) is 10.0 Å². The van der Waals surface area contributed by atoms with Crippen molar-refractivity contribution in [2.75, 3.05) is 7.05 Å². The number of aliphatic hydroxyl groups is 1. The van der Waals surface area contributed by atoms with Gasteiger partial charge in [-0.1, -0.05) is 28.4 Å². The number of hydrogen-bond acceptors (Lipinski definition) is 4. The second-order valence-corrected chi connectivity index (χ2v) is 6.73. The smallest absolute Gasteiger partial charge is 0.138 e. The molecule has 118 valence electrons. The van der Waals surface area contributed by atoms with Crippen LogP contribution in [0.4, 0.5) is 0 Å². The summed E-state index contributed by atoms with van der Waals surface area (Å²) in [6.07, 6.45) is 0.0403. The van der Waals surface area contributed by atoms with Crippen LogP contribution in [0.3, 0.4) is 0 Å². The van der Waals surface area contributed by atoms with E-state index in [1.54, 1.807) is 6.07 Å². The van der Waals surface area contributed by atoms with Gasteiger partial charge in [0.1, 0.15) is 5.76 Å². The molecule has 1 aromatic heterocycles. The SMILES string of the molecule is Cc1noc(C)c1CN(C)[C@H]1c2cc(Cl)cc(Cl)c2C[C@H]1O. The van der Waals surface area contributed by atoms with Gasteiger partial charge in [-0.15, -0.1) is 0 Å². The molecule has 0 amide bonds. The van der Waals surface area contributed by atoms with Crippen LogP contribution in [0.5, 0.6) is 0 Å². The highest BCUT2D eigenvalue weighted by Gasteiger charge is 2.36. The van der Waals surface area contributed by atoms with Crippen molar-refractivity contribution in [2.24, 2.45) is 0 Å². The Hall–Kier alpha value is -1.07. The van der Waals surface area contributed by atoms with E-state index >= 15 is 0 Å². The van der Waals surface area contributed by atoms with Crippen molar-refractivity contribution in [1.29, 1.82) is 0 Å². The molecule has 0 fully saturated rings. The lowest BCUT2D eigenvalue weighted by molar-refractivity contribution is 0.0721. The normalized spacial score (nSPS) is 20.7. The van der Waals surface area contributed by atoms with E-state index in [2.05, 4.69) is 10.1 Å². The zero-order chi connectivity index (χ0) is 16.0. The molecule has 0 radical (unpaired) electrons. The van der Waals surface area contributed by atoms with Crippen molar-refractivity contribution in [3.8, 4) is 0 Å². The minimum atomic E-state index is -0.503. The van der Waals surface area contributed by atoms with Gasteiger partial charge >= 0.3 is 0 Å². The van der Waals surface area contributed by atoms with Gasteiger partial charge in [-0.2, -0.15) is 0 Å². The monoisotopic (exact) mass is 340 g/mol. The van der Waals surface area contributed by atoms with Crippen molar-refractivity contribution < 1.29 is 9.63 Å². The van der Waals surface area contributed by atoms with Crippen molar-refractivity contribution in [2.45, 2.75) is 39.0 Å². The first-order valence-electron chi connectivity index (χ1n) is 7.16. The molecule has 6 heteroatoms. The van der Waals surface area contributed by atoms with Gasteiger partial charge in [0.2, 0.25) is 0 Å². The molecule has 2 aromatic rings. The maximum atomic E-state index is 10.5. The van der Waals surface area contributed by atoms with Gasteiger partial charge in [-0.05, 0) is 44.2 Å². The lowest BCUT2D eigenvalue weighted by Gasteiger charge is -2.28. The predicted octanol–water partition coefficient (Wildman–Crippen LogP) is 3.69. The third-order valence-corrected chi connectivity index (χ3v) is 4.91. The zero-order valence-corrected chi connectivity index (χ0v) is 14.2. The van der Waals surface area contributed by atoms with E-state index in [-0.39, 0.29) is 6.04 Å². The second kappa shape index (κ2) is 5.85. The Morgan fingerprint density at radius 1 is 1.36 bits per heavy atom. The molecule has 0 spiro atoms. The molecule has 2 atom stereocenters. The Labute approximate surface area is 139 Å². The Bertz CT molecular complexity index is 695. The van der Waals surface area contributed by atoms with Gasteiger partial charge in [0.05, 0.1) is 17.8 Å². The van der Waals surface area contributed by atoms with Crippen LogP contribution >= 0.6 is 23.2 Å². The Kier molecular flexibility index (Phi) is 4.21. The summed E-state index contributed by atoms with van der Waals surface area (Å²) in [6.45, 7) is 4.47. The summed E-state index contributed by atoms with van der Waals surface area (Å²) in [5, 5.41) is 15.7. The molecule has 1 aliphatic rings. The summed E-state index contributed by atoms with van der Waals surface area (Å²) in [6, 6.07) is 3.48. The molecule has 22 heavy (non-hydrogen) atoms. The number of fused-ring (bicyclic) bond motifs is 1. The zero-order valence-electron chi connectivity index (χ0n) is 12.7. The first-order valence-corrected chi connectivity index (χ1v) is 7.92. The van der Waals surface area contributed by atoms with Gasteiger partial charge in [0, 0.05) is 28.6 Å². The van der Waals surface area contributed by atoms with E-state index in [0.29, 0.717) is 23.0 Å². The number of benzene rings is 1. The topological polar surface area (TPSA) is 49.5 Å². The largest absolute Gasteiger partial charge is 0.391 e. The molecule has 1 aromatic carbocycles. The average Bonchev–Trinajstić information content (AvgIpc) is 2.92. The molecule has 3 rings (SSSR count). The predicted molar refractivity (Wildman–Crippen MR) is 86.4 cm³/mol. The summed E-state index contributed by atoms with van der Waals surface area (Å²) in [4.78, 5) is 2.09. The van der Waals surface area contributed by atoms with E-state index < -0.39 is 6.10 Å². The first-order chi connectivity index (χ1) is 10.4. The van der Waals surface area contributed by atoms with Crippen molar-refractivity contribution >= 4 is 23.2 Å². The molecule has 0 unspecified atom stereocenters. The fraction of sp³-hybridized carbons (Fsp3) is 0.438. The van der Waals surface area contributed by atoms with Crippen LogP contribution in [-0.2, 0) is 13.0 Å². The molecule has 4 nitrogen and oxygen atoms in total. The number of aliphatic hydroxyl groups excluding tert-OH is 1. The molecule has 0 aliphatic heterocycles. The number of nitrogens with zero attached hydrogens (tertiary/aromatic N) is 2. The Balaban J connectivity index is 1.93. The second-order valence-electron chi connectivity index (χ2n) is 5.89. The maximum absolute atomic E-state index is 10.5. The summed E-state index contributed by atoms with van der Waals surface area (Å²) >= 11 is 12.4. The standard InChI is InChI=1S/C16H18Cl2N2O2/c1-8-13(9(2)22-19-8)7-20(3)16-12-4-10(17)5-14(18)11(12)6-15(16)21/h4-5,15-16,21H,6-7H2,1-3H3/t15-,16+/m1/s1. The molecule has 1 heterocycles. The quantitative estimate of drug-likeness (QED) is 0.925. The van der Waals surface area contributed by atoms with E-state index in [1.807, 2.05) is 27.0 Å². The van der Waals surface area contributed by atoms with Crippen LogP contribution in [0.1, 0.15) is 34.2 Å². The summed E-state index contributed by atoms with van der Waals surface area (Å²) < 4.78 is 5.21. The van der Waals surface area contributed by atoms with E-state index in [0.717, 1.165) is 28.1 Å². The van der Waals surface area contributed by atoms with Crippen LogP contribution in [0, 0.1) is 13.8 Å². The molecule has 0 bridgehead atoms. The highest BCUT2D eigenvalue weighted by Crippen LogP contribution is 2.41. The van der Waals surface area contributed by atoms with Gasteiger partial charge < -0.3 is 9.63 Å². The Morgan fingerprint density at radius 2 is 2.09 bits per heavy atom. The van der Waals surface area contributed by atoms with Crippen molar-refractivity contribution in [3.05, 3.63) is 50.3 Å². The number of aryl methyl sites for hydroxylation is 2. The number of halogens is 2. The molecule has 1 N–H and O–H groups in total. The summed E-state index contributed by atoms with van der Waals surface area (Å²) in [5.41, 5.74) is 3.91. The number of likely N-dealkylation sites (N-methyl/N-ethyl adjacent to an activating group) is 1. The third kappa shape index (κ3) is 2.65. The number of rotatable bonds is 3. The highest BCUT2D eigenvalue weighted by atomic mass is 35.5. The minimum absolute atomic E-state index is 0.139. The van der Waals surface area contributed by atoms with Gasteiger partial charge in [0.15, 0.2) is 0 Å². The van der Waals surface area contributed by atoms with E-state index in [9.17, 15) is 5.11 Å². The fourth-order valence-corrected chi connectivity index (χ4v) is 3.82. The van der Waals surface area contributed by atoms with Crippen LogP contribution in [0.25, 0.3) is 0 Å². The number of hydrogen-bond donors (Lipinski definition) is 1. The van der Waals surface area contributed by atoms with E-state index in [4.69, 9.17) is 27.7 Å². The average molecular weight is 341 g/mol. The molecule has 1 aliphatic carbocycles. The lowest BCUT2D eigenvalue weighted by atomic mass is 10.1. The molecule has 0 saturated heterocycles. The molecular formula is C16H18Cl2N2O2. The maximum Gasteiger partial charge on any atom is 0.138 e. The highest BCUT2D eigenvalue weighted by molar-refractivity contribution is 6.35. The van der Waals surface area contributed by atoms with Gasteiger partial charge in [-0.3, -0.25) is 4.90 Å². The van der Waals surface area contributed by atoms with Gasteiger partial charge in [-0.25, -0.2) is 0 Å². The Morgan fingerprint density at radius 3 is 2.73 bits per heavy atom. The summed E-state index contributed by atoms with van der Waals surface area (Å²) in [7, 11) is 1.98. The van der Waals surface area contributed by atoms with Crippen LogP contribution < -0.4 is 0 Å². The minimum Gasteiger partial charge on any atom is -0.391 e. The molecular weight excluding hydrogens is 323 g/mol. The third-order valence-electron chi connectivity index (χ3n) is 4.35. The van der Waals surface area contributed by atoms with Gasteiger partial charge in [0.25, 0.3) is 0 Å². The van der Waals surface area contributed by atoms with Crippen molar-refractivity contribution in [3.63, 3.8) is 0 Å². The van der Waals surface area contributed by atoms with E-state index in [1.165, 1.54) is 0 Å². The summed E-state index contributed by atoms with van der Waals surface area (Å²) in [5.74, 6) is 0.807. The van der Waals surface area contributed by atoms with Crippen LogP contribution in [0.15, 0.2) is 16.7 Å². The fourth-order valence-electron chi connectivity index (χ4n) is 3.24. The van der Waals surface area contributed by atoms with Crippen molar-refractivity contribution in [1.82, 2.24) is 10.1 Å². The molecule has 0 saturated carbocycles.